The summed E-state index contributed by atoms with van der Waals surface area (Å²) in [5.74, 6) is 0. The SMILES string of the molecule is N[S+]([O-])c1ccc(-c2cnn3cc(-c4ccc(CN5CCCC5)cc4)cnc23)c2ccccc12. The van der Waals surface area contributed by atoms with Crippen LogP contribution in [0.4, 0.5) is 0 Å². The van der Waals surface area contributed by atoms with Crippen molar-refractivity contribution in [2.75, 3.05) is 13.1 Å². The van der Waals surface area contributed by atoms with Crippen LogP contribution < -0.4 is 5.14 Å². The van der Waals surface area contributed by atoms with Crippen LogP contribution in [0, 0.1) is 0 Å². The molecule has 1 aliphatic rings. The van der Waals surface area contributed by atoms with Crippen molar-refractivity contribution in [2.24, 2.45) is 5.14 Å². The Morgan fingerprint density at radius 3 is 2.38 bits per heavy atom. The van der Waals surface area contributed by atoms with Gasteiger partial charge in [-0.3, -0.25) is 4.90 Å². The van der Waals surface area contributed by atoms with Gasteiger partial charge in [-0.25, -0.2) is 9.50 Å². The monoisotopic (exact) mass is 467 g/mol. The van der Waals surface area contributed by atoms with E-state index in [1.807, 2.05) is 59.5 Å². The lowest BCUT2D eigenvalue weighted by Crippen LogP contribution is -2.18. The van der Waals surface area contributed by atoms with Crippen molar-refractivity contribution >= 4 is 27.8 Å². The Bertz CT molecular complexity index is 1470. The second-order valence-electron chi connectivity index (χ2n) is 8.80. The van der Waals surface area contributed by atoms with Crippen LogP contribution in [0.5, 0.6) is 0 Å². The molecule has 1 fully saturated rings. The van der Waals surface area contributed by atoms with Crippen molar-refractivity contribution < 1.29 is 4.55 Å². The third kappa shape index (κ3) is 3.86. The molecule has 0 spiro atoms. The molecular formula is C27H25N5OS. The summed E-state index contributed by atoms with van der Waals surface area (Å²) in [7, 11) is 0. The van der Waals surface area contributed by atoms with Gasteiger partial charge in [-0.15, -0.1) is 5.14 Å². The second kappa shape index (κ2) is 8.85. The van der Waals surface area contributed by atoms with E-state index in [0.29, 0.717) is 4.90 Å². The number of nitrogens with two attached hydrogens (primary N) is 1. The van der Waals surface area contributed by atoms with Gasteiger partial charge >= 0.3 is 0 Å². The lowest BCUT2D eigenvalue weighted by Gasteiger charge is -2.14. The predicted molar refractivity (Wildman–Crippen MR) is 136 cm³/mol. The van der Waals surface area contributed by atoms with E-state index in [2.05, 4.69) is 34.3 Å². The van der Waals surface area contributed by atoms with Crippen molar-refractivity contribution in [1.29, 1.82) is 0 Å². The minimum Gasteiger partial charge on any atom is -0.593 e. The number of nitrogens with zero attached hydrogens (tertiary/aromatic N) is 4. The number of hydrogen-bond acceptors (Lipinski definition) is 5. The minimum atomic E-state index is -1.55. The van der Waals surface area contributed by atoms with E-state index in [1.54, 1.807) is 0 Å². The summed E-state index contributed by atoms with van der Waals surface area (Å²) in [4.78, 5) is 7.90. The maximum Gasteiger partial charge on any atom is 0.181 e. The van der Waals surface area contributed by atoms with Crippen molar-refractivity contribution in [2.45, 2.75) is 24.3 Å². The van der Waals surface area contributed by atoms with Gasteiger partial charge in [0.25, 0.3) is 0 Å². The summed E-state index contributed by atoms with van der Waals surface area (Å²) in [6, 6.07) is 20.4. The molecule has 1 unspecified atom stereocenters. The third-order valence-corrected chi connectivity index (χ3v) is 7.43. The average Bonchev–Trinajstić information content (AvgIpc) is 3.53. The normalized spacial score (nSPS) is 15.4. The van der Waals surface area contributed by atoms with Crippen LogP contribution in [-0.4, -0.2) is 37.1 Å². The highest BCUT2D eigenvalue weighted by Gasteiger charge is 2.17. The number of aromatic nitrogens is 3. The Morgan fingerprint density at radius 2 is 1.62 bits per heavy atom. The molecule has 0 aliphatic carbocycles. The van der Waals surface area contributed by atoms with Gasteiger partial charge in [0, 0.05) is 35.5 Å². The van der Waals surface area contributed by atoms with Gasteiger partial charge in [0.15, 0.2) is 10.5 Å². The molecule has 0 saturated carbocycles. The predicted octanol–water partition coefficient (Wildman–Crippen LogP) is 4.79. The van der Waals surface area contributed by atoms with Crippen molar-refractivity contribution in [3.63, 3.8) is 0 Å². The summed E-state index contributed by atoms with van der Waals surface area (Å²) < 4.78 is 13.8. The molecule has 3 aromatic carbocycles. The molecule has 2 N–H and O–H groups in total. The fraction of sp³-hybridized carbons (Fsp3) is 0.185. The van der Waals surface area contributed by atoms with Crippen LogP contribution in [0.2, 0.25) is 0 Å². The van der Waals surface area contributed by atoms with Crippen molar-refractivity contribution in [3.05, 3.63) is 84.8 Å². The van der Waals surface area contributed by atoms with E-state index in [-0.39, 0.29) is 0 Å². The lowest BCUT2D eigenvalue weighted by molar-refractivity contribution is 0.331. The van der Waals surface area contributed by atoms with Crippen LogP contribution in [0.25, 0.3) is 38.7 Å². The summed E-state index contributed by atoms with van der Waals surface area (Å²) in [5.41, 5.74) is 6.19. The highest BCUT2D eigenvalue weighted by Crippen LogP contribution is 2.34. The van der Waals surface area contributed by atoms with Gasteiger partial charge < -0.3 is 4.55 Å². The van der Waals surface area contributed by atoms with Crippen LogP contribution >= 0.6 is 0 Å². The summed E-state index contributed by atoms with van der Waals surface area (Å²) in [6.45, 7) is 3.42. The number of rotatable bonds is 5. The second-order valence-corrected chi connectivity index (χ2v) is 9.84. The van der Waals surface area contributed by atoms with E-state index in [0.717, 1.165) is 45.2 Å². The lowest BCUT2D eigenvalue weighted by atomic mass is 10.00. The van der Waals surface area contributed by atoms with Crippen LogP contribution in [-0.2, 0) is 17.9 Å². The maximum absolute atomic E-state index is 12.0. The quantitative estimate of drug-likeness (QED) is 0.376. The highest BCUT2D eigenvalue weighted by molar-refractivity contribution is 7.89. The van der Waals surface area contributed by atoms with Crippen LogP contribution in [0.15, 0.2) is 84.1 Å². The molecule has 2 aromatic heterocycles. The van der Waals surface area contributed by atoms with Gasteiger partial charge in [-0.1, -0.05) is 42.5 Å². The fourth-order valence-electron chi connectivity index (χ4n) is 4.90. The Balaban J connectivity index is 1.34. The van der Waals surface area contributed by atoms with E-state index < -0.39 is 11.4 Å². The molecule has 0 amide bonds. The molecule has 0 radical (unpaired) electrons. The first kappa shape index (κ1) is 21.3. The molecule has 1 saturated heterocycles. The minimum absolute atomic E-state index is 0.624. The zero-order valence-electron chi connectivity index (χ0n) is 18.7. The van der Waals surface area contributed by atoms with Crippen LogP contribution in [0.1, 0.15) is 18.4 Å². The molecule has 5 aromatic rings. The third-order valence-electron chi connectivity index (χ3n) is 6.64. The first-order valence-electron chi connectivity index (χ1n) is 11.5. The van der Waals surface area contributed by atoms with Gasteiger partial charge in [-0.05, 0) is 66.2 Å². The largest absolute Gasteiger partial charge is 0.593 e. The molecule has 1 atom stereocenters. The van der Waals surface area contributed by atoms with E-state index >= 15 is 0 Å². The molecule has 0 bridgehead atoms. The molecule has 6 rings (SSSR count). The van der Waals surface area contributed by atoms with E-state index in [4.69, 9.17) is 10.1 Å². The Kier molecular flexibility index (Phi) is 5.55. The van der Waals surface area contributed by atoms with Gasteiger partial charge in [0.05, 0.1) is 17.6 Å². The Labute approximate surface area is 201 Å². The number of hydrogen-bond donors (Lipinski definition) is 1. The summed E-state index contributed by atoms with van der Waals surface area (Å²) in [5, 5.41) is 12.2. The first-order chi connectivity index (χ1) is 16.7. The number of likely N-dealkylation sites (tertiary alicyclic amines) is 1. The molecule has 34 heavy (non-hydrogen) atoms. The van der Waals surface area contributed by atoms with Crippen molar-refractivity contribution in [1.82, 2.24) is 19.5 Å². The zero-order valence-corrected chi connectivity index (χ0v) is 19.5. The molecule has 7 heteroatoms. The molecule has 3 heterocycles. The topological polar surface area (TPSA) is 82.5 Å². The summed E-state index contributed by atoms with van der Waals surface area (Å²) >= 11 is -1.55. The first-order valence-corrected chi connectivity index (χ1v) is 12.7. The maximum atomic E-state index is 12.0. The average molecular weight is 468 g/mol. The van der Waals surface area contributed by atoms with Gasteiger partial charge in [-0.2, -0.15) is 5.10 Å². The standard InChI is InChI=1S/C27H25N5OS/c28-34(33)26-12-11-23(22-5-1-2-6-24(22)26)25-16-30-32-18-21(15-29-27(25)32)20-9-7-19(8-10-20)17-31-13-3-4-14-31/h1-2,5-12,15-16,18H,3-4,13-14,17,28H2. The molecule has 1 aliphatic heterocycles. The fourth-order valence-corrected chi connectivity index (χ4v) is 5.49. The smallest absolute Gasteiger partial charge is 0.181 e. The zero-order chi connectivity index (χ0) is 23.1. The molecule has 6 nitrogen and oxygen atoms in total. The highest BCUT2D eigenvalue weighted by atomic mass is 32.2. The number of fused-ring (bicyclic) bond motifs is 2. The van der Waals surface area contributed by atoms with Crippen molar-refractivity contribution in [3.8, 4) is 22.3 Å². The molecule has 170 valence electrons. The molecular weight excluding hydrogens is 442 g/mol. The summed E-state index contributed by atoms with van der Waals surface area (Å²) in [6.07, 6.45) is 8.38. The number of benzene rings is 3. The van der Waals surface area contributed by atoms with Gasteiger partial charge in [0.1, 0.15) is 0 Å². The van der Waals surface area contributed by atoms with Gasteiger partial charge in [0.2, 0.25) is 0 Å². The van der Waals surface area contributed by atoms with E-state index in [1.165, 1.54) is 31.5 Å². The Morgan fingerprint density at radius 1 is 0.853 bits per heavy atom. The van der Waals surface area contributed by atoms with E-state index in [9.17, 15) is 4.55 Å². The Hall–Kier alpha value is -3.23. The van der Waals surface area contributed by atoms with Crippen LogP contribution in [0.3, 0.4) is 0 Å².